The molecule has 1 heterocycles. The predicted molar refractivity (Wildman–Crippen MR) is 87.6 cm³/mol. The van der Waals surface area contributed by atoms with Gasteiger partial charge in [0, 0.05) is 23.7 Å². The number of carbonyl (C=O) groups is 2. The van der Waals surface area contributed by atoms with Crippen LogP contribution in [0, 0.1) is 0 Å². The fourth-order valence-corrected chi connectivity index (χ4v) is 3.01. The van der Waals surface area contributed by atoms with Crippen LogP contribution in [0.4, 0.5) is 4.79 Å². The lowest BCUT2D eigenvalue weighted by molar-refractivity contribution is 0.0918. The minimum atomic E-state index is -0.355. The minimum absolute atomic E-state index is 0.248. The van der Waals surface area contributed by atoms with Gasteiger partial charge < -0.3 is 9.64 Å². The highest BCUT2D eigenvalue weighted by molar-refractivity contribution is 6.31. The van der Waals surface area contributed by atoms with Gasteiger partial charge in [0.1, 0.15) is 12.9 Å². The van der Waals surface area contributed by atoms with Gasteiger partial charge in [-0.15, -0.1) is 0 Å². The Morgan fingerprint density at radius 3 is 2.78 bits per heavy atom. The quantitative estimate of drug-likeness (QED) is 0.804. The van der Waals surface area contributed by atoms with Crippen molar-refractivity contribution in [3.05, 3.63) is 69.7 Å². The first-order valence-corrected chi connectivity index (χ1v) is 7.77. The molecule has 0 radical (unpaired) electrons. The maximum atomic E-state index is 12.2. The van der Waals surface area contributed by atoms with E-state index in [-0.39, 0.29) is 12.7 Å². The summed E-state index contributed by atoms with van der Waals surface area (Å²) >= 11 is 6.04. The highest BCUT2D eigenvalue weighted by atomic mass is 35.5. The Morgan fingerprint density at radius 2 is 2.04 bits per heavy atom. The van der Waals surface area contributed by atoms with Crippen molar-refractivity contribution in [2.24, 2.45) is 0 Å². The predicted octanol–water partition coefficient (Wildman–Crippen LogP) is 3.85. The van der Waals surface area contributed by atoms with E-state index in [1.807, 2.05) is 30.3 Å². The molecule has 118 valence electrons. The molecule has 0 saturated heterocycles. The lowest BCUT2D eigenvalue weighted by Gasteiger charge is -2.29. The summed E-state index contributed by atoms with van der Waals surface area (Å²) in [6, 6.07) is 13.0. The SMILES string of the molecule is O=Cc1cc(Cl)cc2c1CCN(C(=O)OCc1ccccc1)C2. The fraction of sp³-hybridized carbons (Fsp3) is 0.222. The fourth-order valence-electron chi connectivity index (χ4n) is 2.77. The van der Waals surface area contributed by atoms with Gasteiger partial charge in [0.25, 0.3) is 0 Å². The Labute approximate surface area is 139 Å². The van der Waals surface area contributed by atoms with Crippen LogP contribution < -0.4 is 0 Å². The van der Waals surface area contributed by atoms with Gasteiger partial charge >= 0.3 is 6.09 Å². The van der Waals surface area contributed by atoms with Crippen LogP contribution >= 0.6 is 11.6 Å². The van der Waals surface area contributed by atoms with Crippen LogP contribution in [0.15, 0.2) is 42.5 Å². The van der Waals surface area contributed by atoms with E-state index in [2.05, 4.69) is 0 Å². The van der Waals surface area contributed by atoms with Crippen LogP contribution in [0.2, 0.25) is 5.02 Å². The molecule has 3 rings (SSSR count). The summed E-state index contributed by atoms with van der Waals surface area (Å²) in [7, 11) is 0. The first kappa shape index (κ1) is 15.6. The number of benzene rings is 2. The Morgan fingerprint density at radius 1 is 1.26 bits per heavy atom. The van der Waals surface area contributed by atoms with Gasteiger partial charge in [-0.1, -0.05) is 41.9 Å². The molecule has 2 aromatic carbocycles. The molecule has 0 N–H and O–H groups in total. The highest BCUT2D eigenvalue weighted by Crippen LogP contribution is 2.26. The number of halogens is 1. The number of fused-ring (bicyclic) bond motifs is 1. The number of nitrogens with zero attached hydrogens (tertiary/aromatic N) is 1. The van der Waals surface area contributed by atoms with E-state index < -0.39 is 0 Å². The van der Waals surface area contributed by atoms with Gasteiger partial charge in [0.05, 0.1) is 0 Å². The van der Waals surface area contributed by atoms with E-state index in [9.17, 15) is 9.59 Å². The van der Waals surface area contributed by atoms with Gasteiger partial charge in [0.2, 0.25) is 0 Å². The summed E-state index contributed by atoms with van der Waals surface area (Å²) in [5.74, 6) is 0. The van der Waals surface area contributed by atoms with Crippen LogP contribution in [-0.4, -0.2) is 23.8 Å². The Kier molecular flexibility index (Phi) is 4.63. The molecule has 0 atom stereocenters. The van der Waals surface area contributed by atoms with Gasteiger partial charge in [-0.05, 0) is 35.2 Å². The topological polar surface area (TPSA) is 46.6 Å². The average molecular weight is 330 g/mol. The third-order valence-electron chi connectivity index (χ3n) is 3.92. The van der Waals surface area contributed by atoms with Crippen molar-refractivity contribution in [1.82, 2.24) is 4.90 Å². The van der Waals surface area contributed by atoms with Crippen molar-refractivity contribution in [3.8, 4) is 0 Å². The van der Waals surface area contributed by atoms with Crippen LogP contribution in [0.25, 0.3) is 0 Å². The first-order valence-electron chi connectivity index (χ1n) is 7.39. The second-order valence-corrected chi connectivity index (χ2v) is 5.90. The van der Waals surface area contributed by atoms with Crippen LogP contribution in [0.3, 0.4) is 0 Å². The van der Waals surface area contributed by atoms with Crippen molar-refractivity contribution in [2.75, 3.05) is 6.54 Å². The number of aldehydes is 1. The zero-order valence-electron chi connectivity index (χ0n) is 12.5. The number of hydrogen-bond acceptors (Lipinski definition) is 3. The standard InChI is InChI=1S/C18H16ClNO3/c19-16-8-14-10-20(7-6-17(14)15(9-16)11-21)18(22)23-12-13-4-2-1-3-5-13/h1-5,8-9,11H,6-7,10,12H2. The second-order valence-electron chi connectivity index (χ2n) is 5.46. The average Bonchev–Trinajstić information content (AvgIpc) is 2.59. The van der Waals surface area contributed by atoms with Crippen LogP contribution in [-0.2, 0) is 24.3 Å². The van der Waals surface area contributed by atoms with Gasteiger partial charge in [-0.25, -0.2) is 4.79 Å². The molecular formula is C18H16ClNO3. The Bertz CT molecular complexity index is 731. The Hall–Kier alpha value is -2.33. The number of amides is 1. The van der Waals surface area contributed by atoms with Crippen LogP contribution in [0.1, 0.15) is 27.0 Å². The van der Waals surface area contributed by atoms with Crippen molar-refractivity contribution in [1.29, 1.82) is 0 Å². The molecule has 0 bridgehead atoms. The molecule has 0 spiro atoms. The second kappa shape index (κ2) is 6.84. The van der Waals surface area contributed by atoms with Crippen LogP contribution in [0.5, 0.6) is 0 Å². The van der Waals surface area contributed by atoms with E-state index in [0.717, 1.165) is 23.0 Å². The normalized spacial score (nSPS) is 13.3. The van der Waals surface area contributed by atoms with Gasteiger partial charge in [-0.3, -0.25) is 4.79 Å². The van der Waals surface area contributed by atoms with E-state index in [0.29, 0.717) is 30.1 Å². The largest absolute Gasteiger partial charge is 0.445 e. The van der Waals surface area contributed by atoms with Crippen molar-refractivity contribution < 1.29 is 14.3 Å². The van der Waals surface area contributed by atoms with E-state index >= 15 is 0 Å². The molecule has 2 aromatic rings. The summed E-state index contributed by atoms with van der Waals surface area (Å²) in [6.45, 7) is 1.19. The summed E-state index contributed by atoms with van der Waals surface area (Å²) in [5, 5.41) is 0.505. The number of carbonyl (C=O) groups excluding carboxylic acids is 2. The summed E-state index contributed by atoms with van der Waals surface area (Å²) in [6.07, 6.45) is 1.09. The van der Waals surface area contributed by atoms with Gasteiger partial charge in [-0.2, -0.15) is 0 Å². The number of ether oxygens (including phenoxy) is 1. The first-order chi connectivity index (χ1) is 11.2. The molecule has 0 fully saturated rings. The number of hydrogen-bond donors (Lipinski definition) is 0. The molecule has 0 aliphatic carbocycles. The molecule has 0 unspecified atom stereocenters. The van der Waals surface area contributed by atoms with E-state index in [4.69, 9.17) is 16.3 Å². The third-order valence-corrected chi connectivity index (χ3v) is 4.14. The zero-order chi connectivity index (χ0) is 16.2. The van der Waals surface area contributed by atoms with Gasteiger partial charge in [0.15, 0.2) is 0 Å². The lowest BCUT2D eigenvalue weighted by Crippen LogP contribution is -2.36. The maximum absolute atomic E-state index is 12.2. The van der Waals surface area contributed by atoms with E-state index in [1.54, 1.807) is 17.0 Å². The molecule has 5 heteroatoms. The summed E-state index contributed by atoms with van der Waals surface area (Å²) in [5.41, 5.74) is 3.42. The number of rotatable bonds is 3. The maximum Gasteiger partial charge on any atom is 0.410 e. The monoisotopic (exact) mass is 329 g/mol. The molecule has 4 nitrogen and oxygen atoms in total. The van der Waals surface area contributed by atoms with E-state index in [1.165, 1.54) is 0 Å². The molecule has 0 saturated carbocycles. The summed E-state index contributed by atoms with van der Waals surface area (Å²) < 4.78 is 5.35. The Balaban J connectivity index is 1.68. The highest BCUT2D eigenvalue weighted by Gasteiger charge is 2.24. The van der Waals surface area contributed by atoms with Crippen molar-refractivity contribution in [3.63, 3.8) is 0 Å². The molecule has 23 heavy (non-hydrogen) atoms. The van der Waals surface area contributed by atoms with Crippen molar-refractivity contribution >= 4 is 24.0 Å². The smallest absolute Gasteiger partial charge is 0.410 e. The zero-order valence-corrected chi connectivity index (χ0v) is 13.3. The third kappa shape index (κ3) is 3.54. The molecule has 1 aliphatic heterocycles. The molecule has 0 aromatic heterocycles. The van der Waals surface area contributed by atoms with Crippen molar-refractivity contribution in [2.45, 2.75) is 19.6 Å². The molecular weight excluding hydrogens is 314 g/mol. The molecule has 1 amide bonds. The molecule has 1 aliphatic rings. The lowest BCUT2D eigenvalue weighted by atomic mass is 9.95. The minimum Gasteiger partial charge on any atom is -0.445 e. The summed E-state index contributed by atoms with van der Waals surface area (Å²) in [4.78, 5) is 25.0.